The Hall–Kier alpha value is -2.23. The molecule has 1 heterocycles. The van der Waals surface area contributed by atoms with E-state index in [0.717, 1.165) is 13.0 Å². The third kappa shape index (κ3) is 3.88. The van der Waals surface area contributed by atoms with Gasteiger partial charge in [-0.15, -0.1) is 0 Å². The van der Waals surface area contributed by atoms with Gasteiger partial charge in [0, 0.05) is 25.8 Å². The van der Waals surface area contributed by atoms with E-state index in [1.54, 1.807) is 12.1 Å². The monoisotopic (exact) mass is 258 g/mol. The van der Waals surface area contributed by atoms with E-state index in [-0.39, 0.29) is 5.91 Å². The molecule has 0 saturated heterocycles. The molecule has 0 unspecified atom stereocenters. The number of hydrogen-bond acceptors (Lipinski definition) is 3. The molecule has 0 aliphatic rings. The van der Waals surface area contributed by atoms with Crippen molar-refractivity contribution in [2.24, 2.45) is 0 Å². The van der Waals surface area contributed by atoms with E-state index in [0.29, 0.717) is 12.3 Å². The fraction of sp³-hybridized carbons (Fsp3) is 0.267. The Morgan fingerprint density at radius 2 is 2.00 bits per heavy atom. The van der Waals surface area contributed by atoms with Gasteiger partial charge in [0.25, 0.3) is 5.91 Å². The zero-order valence-electron chi connectivity index (χ0n) is 11.0. The largest absolute Gasteiger partial charge is 0.459 e. The Morgan fingerprint density at radius 3 is 2.68 bits per heavy atom. The van der Waals surface area contributed by atoms with E-state index in [1.807, 2.05) is 25.2 Å². The van der Waals surface area contributed by atoms with Crippen LogP contribution in [0.3, 0.4) is 0 Å². The van der Waals surface area contributed by atoms with Crippen LogP contribution in [0.15, 0.2) is 53.1 Å². The van der Waals surface area contributed by atoms with Gasteiger partial charge in [-0.2, -0.15) is 0 Å². The molecule has 1 aromatic carbocycles. The summed E-state index contributed by atoms with van der Waals surface area (Å²) in [6.45, 7) is 1.53. The number of para-hydroxylation sites is 1. The highest BCUT2D eigenvalue weighted by molar-refractivity contribution is 5.91. The molecule has 100 valence electrons. The molecule has 0 radical (unpaired) electrons. The number of carbonyl (C=O) groups excluding carboxylic acids is 1. The molecule has 19 heavy (non-hydrogen) atoms. The van der Waals surface area contributed by atoms with Crippen LogP contribution in [0, 0.1) is 0 Å². The van der Waals surface area contributed by atoms with Crippen LogP contribution in [0.5, 0.6) is 0 Å². The van der Waals surface area contributed by atoms with E-state index in [1.165, 1.54) is 12.0 Å². The van der Waals surface area contributed by atoms with Crippen LogP contribution < -0.4 is 10.2 Å². The first kappa shape index (κ1) is 13.2. The van der Waals surface area contributed by atoms with Crippen LogP contribution in [-0.2, 0) is 0 Å². The van der Waals surface area contributed by atoms with E-state index >= 15 is 0 Å². The van der Waals surface area contributed by atoms with E-state index in [9.17, 15) is 4.79 Å². The second-order valence-corrected chi connectivity index (χ2v) is 4.34. The molecule has 0 fully saturated rings. The molecule has 1 amide bonds. The predicted molar refractivity (Wildman–Crippen MR) is 75.4 cm³/mol. The summed E-state index contributed by atoms with van der Waals surface area (Å²) >= 11 is 0. The summed E-state index contributed by atoms with van der Waals surface area (Å²) in [6, 6.07) is 13.5. The smallest absolute Gasteiger partial charge is 0.286 e. The number of nitrogens with one attached hydrogen (secondary N) is 1. The number of hydrogen-bond donors (Lipinski definition) is 1. The lowest BCUT2D eigenvalue weighted by Crippen LogP contribution is -2.27. The minimum atomic E-state index is -0.160. The Labute approximate surface area is 113 Å². The van der Waals surface area contributed by atoms with E-state index in [2.05, 4.69) is 22.3 Å². The molecule has 0 atom stereocenters. The normalized spacial score (nSPS) is 10.2. The van der Waals surface area contributed by atoms with Crippen LogP contribution >= 0.6 is 0 Å². The Bertz CT molecular complexity index is 494. The first-order valence-electron chi connectivity index (χ1n) is 6.35. The van der Waals surface area contributed by atoms with Crippen LogP contribution in [-0.4, -0.2) is 26.0 Å². The highest BCUT2D eigenvalue weighted by Crippen LogP contribution is 2.10. The number of rotatable bonds is 6. The number of furan rings is 1. The zero-order chi connectivity index (χ0) is 13.5. The second kappa shape index (κ2) is 6.64. The van der Waals surface area contributed by atoms with Crippen molar-refractivity contribution in [1.29, 1.82) is 0 Å². The minimum Gasteiger partial charge on any atom is -0.459 e. The molecular formula is C15H18N2O2. The Morgan fingerprint density at radius 1 is 1.21 bits per heavy atom. The molecule has 0 spiro atoms. The van der Waals surface area contributed by atoms with Gasteiger partial charge in [0.2, 0.25) is 0 Å². The molecule has 1 N–H and O–H groups in total. The maximum atomic E-state index is 11.6. The molecule has 0 saturated carbocycles. The number of benzene rings is 1. The third-order valence-electron chi connectivity index (χ3n) is 2.90. The molecule has 2 rings (SSSR count). The summed E-state index contributed by atoms with van der Waals surface area (Å²) in [5.74, 6) is 0.198. The summed E-state index contributed by atoms with van der Waals surface area (Å²) in [5, 5.41) is 2.83. The second-order valence-electron chi connectivity index (χ2n) is 4.34. The number of amides is 1. The summed E-state index contributed by atoms with van der Waals surface area (Å²) in [6.07, 6.45) is 2.38. The highest BCUT2D eigenvalue weighted by Gasteiger charge is 2.07. The van der Waals surface area contributed by atoms with Crippen molar-refractivity contribution in [3.05, 3.63) is 54.5 Å². The van der Waals surface area contributed by atoms with E-state index in [4.69, 9.17) is 4.42 Å². The fourth-order valence-electron chi connectivity index (χ4n) is 1.82. The first-order valence-corrected chi connectivity index (χ1v) is 6.35. The fourth-order valence-corrected chi connectivity index (χ4v) is 1.82. The molecule has 1 aromatic heterocycles. The maximum absolute atomic E-state index is 11.6. The van der Waals surface area contributed by atoms with Crippen molar-refractivity contribution in [2.45, 2.75) is 6.42 Å². The van der Waals surface area contributed by atoms with Crippen LogP contribution in [0.4, 0.5) is 5.69 Å². The van der Waals surface area contributed by atoms with Crippen molar-refractivity contribution in [3.8, 4) is 0 Å². The van der Waals surface area contributed by atoms with Gasteiger partial charge >= 0.3 is 0 Å². The molecule has 4 nitrogen and oxygen atoms in total. The van der Waals surface area contributed by atoms with Crippen LogP contribution in [0.25, 0.3) is 0 Å². The first-order chi connectivity index (χ1) is 9.27. The topological polar surface area (TPSA) is 45.5 Å². The number of carbonyl (C=O) groups is 1. The maximum Gasteiger partial charge on any atom is 0.286 e. The van der Waals surface area contributed by atoms with Gasteiger partial charge < -0.3 is 14.6 Å². The van der Waals surface area contributed by atoms with Gasteiger partial charge in [0.1, 0.15) is 0 Å². The van der Waals surface area contributed by atoms with Crippen LogP contribution in [0.1, 0.15) is 17.0 Å². The Balaban J connectivity index is 1.68. The van der Waals surface area contributed by atoms with Crippen molar-refractivity contribution < 1.29 is 9.21 Å². The predicted octanol–water partition coefficient (Wildman–Crippen LogP) is 2.54. The summed E-state index contributed by atoms with van der Waals surface area (Å²) in [7, 11) is 2.05. The van der Waals surface area contributed by atoms with Crippen molar-refractivity contribution >= 4 is 11.6 Å². The van der Waals surface area contributed by atoms with Gasteiger partial charge in [0.15, 0.2) is 5.76 Å². The van der Waals surface area contributed by atoms with Crippen molar-refractivity contribution in [1.82, 2.24) is 5.32 Å². The van der Waals surface area contributed by atoms with Crippen molar-refractivity contribution in [3.63, 3.8) is 0 Å². The minimum absolute atomic E-state index is 0.160. The lowest BCUT2D eigenvalue weighted by atomic mass is 10.3. The average molecular weight is 258 g/mol. The SMILES string of the molecule is CN(CCCNC(=O)c1ccco1)c1ccccc1. The third-order valence-corrected chi connectivity index (χ3v) is 2.90. The van der Waals surface area contributed by atoms with Gasteiger partial charge in [0.05, 0.1) is 6.26 Å². The van der Waals surface area contributed by atoms with Gasteiger partial charge in [-0.25, -0.2) is 0 Å². The molecule has 2 aromatic rings. The lowest BCUT2D eigenvalue weighted by molar-refractivity contribution is 0.0926. The summed E-state index contributed by atoms with van der Waals surface area (Å²) in [4.78, 5) is 13.8. The molecule has 0 bridgehead atoms. The highest BCUT2D eigenvalue weighted by atomic mass is 16.3. The molecule has 4 heteroatoms. The molecular weight excluding hydrogens is 240 g/mol. The summed E-state index contributed by atoms with van der Waals surface area (Å²) in [5.41, 5.74) is 1.18. The van der Waals surface area contributed by atoms with E-state index < -0.39 is 0 Å². The quantitative estimate of drug-likeness (QED) is 0.810. The van der Waals surface area contributed by atoms with Gasteiger partial charge in [-0.1, -0.05) is 18.2 Å². The molecule has 0 aliphatic carbocycles. The molecule has 0 aliphatic heterocycles. The Kier molecular flexibility index (Phi) is 4.61. The summed E-state index contributed by atoms with van der Waals surface area (Å²) < 4.78 is 5.02. The average Bonchev–Trinajstić information content (AvgIpc) is 2.98. The van der Waals surface area contributed by atoms with Crippen molar-refractivity contribution in [2.75, 3.05) is 25.0 Å². The number of nitrogens with zero attached hydrogens (tertiary/aromatic N) is 1. The lowest BCUT2D eigenvalue weighted by Gasteiger charge is -2.19. The van der Waals surface area contributed by atoms with Gasteiger partial charge in [-0.05, 0) is 30.7 Å². The zero-order valence-corrected chi connectivity index (χ0v) is 11.0. The standard InChI is InChI=1S/C15H18N2O2/c1-17(13-7-3-2-4-8-13)11-6-10-16-15(18)14-9-5-12-19-14/h2-5,7-9,12H,6,10-11H2,1H3,(H,16,18). The van der Waals surface area contributed by atoms with Gasteiger partial charge in [-0.3, -0.25) is 4.79 Å². The number of anilines is 1. The van der Waals surface area contributed by atoms with Crippen LogP contribution in [0.2, 0.25) is 0 Å².